The fraction of sp³-hybridized carbons (Fsp3) is 0.417. The monoisotopic (exact) mass is 236 g/mol. The fourth-order valence-electron chi connectivity index (χ4n) is 1.79. The largest absolute Gasteiger partial charge is 0.493 e. The Kier molecular flexibility index (Phi) is 3.49. The average Bonchev–Trinajstić information content (AvgIpc) is 2.35. The number of anilines is 1. The maximum Gasteiger partial charge on any atom is 0.322 e. The van der Waals surface area contributed by atoms with Gasteiger partial charge in [0.1, 0.15) is 11.8 Å². The highest BCUT2D eigenvalue weighted by Crippen LogP contribution is 2.27. The summed E-state index contributed by atoms with van der Waals surface area (Å²) in [4.78, 5) is 10.6. The number of fused-ring (bicyclic) bond motifs is 1. The Morgan fingerprint density at radius 2 is 2.41 bits per heavy atom. The van der Waals surface area contributed by atoms with Crippen LogP contribution >= 0.6 is 0 Å². The third-order valence-electron chi connectivity index (χ3n) is 2.75. The van der Waals surface area contributed by atoms with Crippen LogP contribution in [0.3, 0.4) is 0 Å². The molecule has 92 valence electrons. The van der Waals surface area contributed by atoms with E-state index in [1.807, 2.05) is 18.2 Å². The molecule has 0 spiro atoms. The number of carboxylic acid groups (broad SMARTS) is 1. The van der Waals surface area contributed by atoms with Crippen molar-refractivity contribution >= 4 is 11.7 Å². The maximum atomic E-state index is 10.6. The van der Waals surface area contributed by atoms with Gasteiger partial charge in [-0.3, -0.25) is 4.79 Å². The van der Waals surface area contributed by atoms with Gasteiger partial charge in [-0.1, -0.05) is 0 Å². The third kappa shape index (κ3) is 2.88. The summed E-state index contributed by atoms with van der Waals surface area (Å²) in [5.41, 5.74) is 7.45. The molecule has 1 unspecified atom stereocenters. The normalized spacial score (nSPS) is 15.6. The van der Waals surface area contributed by atoms with Crippen molar-refractivity contribution in [3.05, 3.63) is 23.8 Å². The minimum Gasteiger partial charge on any atom is -0.493 e. The molecule has 0 amide bonds. The fourth-order valence-corrected chi connectivity index (χ4v) is 1.79. The van der Waals surface area contributed by atoms with E-state index in [4.69, 9.17) is 15.6 Å². The summed E-state index contributed by atoms with van der Waals surface area (Å²) in [6.07, 6.45) is 2.01. The highest BCUT2D eigenvalue weighted by Gasteiger charge is 2.13. The number of carboxylic acids is 1. The van der Waals surface area contributed by atoms with Crippen molar-refractivity contribution in [1.29, 1.82) is 0 Å². The summed E-state index contributed by atoms with van der Waals surface area (Å²) in [5, 5.41) is 11.7. The Balaban J connectivity index is 2.00. The molecule has 1 heterocycles. The van der Waals surface area contributed by atoms with Gasteiger partial charge in [0.25, 0.3) is 0 Å². The second kappa shape index (κ2) is 5.05. The van der Waals surface area contributed by atoms with Crippen LogP contribution in [0.25, 0.3) is 0 Å². The standard InChI is InChI=1S/C12H16N2O3/c13-10(12(15)16)7-14-9-3-4-11-8(6-9)2-1-5-17-11/h3-4,6,10,14H,1-2,5,7,13H2,(H,15,16). The number of nitrogens with two attached hydrogens (primary N) is 1. The number of nitrogens with one attached hydrogen (secondary N) is 1. The number of carbonyl (C=O) groups is 1. The summed E-state index contributed by atoms with van der Waals surface area (Å²) < 4.78 is 5.50. The summed E-state index contributed by atoms with van der Waals surface area (Å²) in [6, 6.07) is 4.88. The molecule has 0 radical (unpaired) electrons. The molecule has 0 aromatic heterocycles. The van der Waals surface area contributed by atoms with Crippen LogP contribution in [0, 0.1) is 0 Å². The van der Waals surface area contributed by atoms with E-state index in [0.29, 0.717) is 0 Å². The van der Waals surface area contributed by atoms with E-state index in [1.165, 1.54) is 0 Å². The molecule has 2 rings (SSSR count). The van der Waals surface area contributed by atoms with Crippen molar-refractivity contribution in [2.24, 2.45) is 5.73 Å². The zero-order valence-electron chi connectivity index (χ0n) is 9.48. The van der Waals surface area contributed by atoms with Crippen LogP contribution in [0.15, 0.2) is 18.2 Å². The van der Waals surface area contributed by atoms with Crippen LogP contribution in [-0.4, -0.2) is 30.3 Å². The summed E-state index contributed by atoms with van der Waals surface area (Å²) in [6.45, 7) is 0.985. The minimum absolute atomic E-state index is 0.217. The predicted molar refractivity (Wildman–Crippen MR) is 64.4 cm³/mol. The van der Waals surface area contributed by atoms with E-state index >= 15 is 0 Å². The van der Waals surface area contributed by atoms with Crippen LogP contribution in [0.2, 0.25) is 0 Å². The topological polar surface area (TPSA) is 84.6 Å². The number of aryl methyl sites for hydroxylation is 1. The second-order valence-corrected chi connectivity index (χ2v) is 4.10. The lowest BCUT2D eigenvalue weighted by Crippen LogP contribution is -2.36. The molecule has 0 bridgehead atoms. The van der Waals surface area contributed by atoms with Gasteiger partial charge in [-0.2, -0.15) is 0 Å². The number of hydrogen-bond donors (Lipinski definition) is 3. The summed E-state index contributed by atoms with van der Waals surface area (Å²) in [7, 11) is 0. The third-order valence-corrected chi connectivity index (χ3v) is 2.75. The van der Waals surface area contributed by atoms with Crippen molar-refractivity contribution in [1.82, 2.24) is 0 Å². The minimum atomic E-state index is -1.00. The molecule has 0 aliphatic carbocycles. The Labute approximate surface area is 99.6 Å². The first-order valence-corrected chi connectivity index (χ1v) is 5.65. The van der Waals surface area contributed by atoms with E-state index in [-0.39, 0.29) is 6.54 Å². The molecular weight excluding hydrogens is 220 g/mol. The molecule has 0 saturated carbocycles. The molecule has 5 heteroatoms. The van der Waals surface area contributed by atoms with E-state index in [0.717, 1.165) is 36.4 Å². The van der Waals surface area contributed by atoms with Crippen molar-refractivity contribution in [2.75, 3.05) is 18.5 Å². The molecule has 17 heavy (non-hydrogen) atoms. The SMILES string of the molecule is NC(CNc1ccc2c(c1)CCCO2)C(=O)O. The molecule has 1 aliphatic heterocycles. The zero-order chi connectivity index (χ0) is 12.3. The quantitative estimate of drug-likeness (QED) is 0.721. The number of hydrogen-bond acceptors (Lipinski definition) is 4. The lowest BCUT2D eigenvalue weighted by molar-refractivity contribution is -0.138. The number of aliphatic carboxylic acids is 1. The van der Waals surface area contributed by atoms with Crippen molar-refractivity contribution < 1.29 is 14.6 Å². The lowest BCUT2D eigenvalue weighted by atomic mass is 10.1. The average molecular weight is 236 g/mol. The molecule has 5 nitrogen and oxygen atoms in total. The number of benzene rings is 1. The van der Waals surface area contributed by atoms with E-state index in [2.05, 4.69) is 5.32 Å². The van der Waals surface area contributed by atoms with Gasteiger partial charge in [0.05, 0.1) is 6.61 Å². The van der Waals surface area contributed by atoms with Crippen molar-refractivity contribution in [2.45, 2.75) is 18.9 Å². The first-order valence-electron chi connectivity index (χ1n) is 5.65. The maximum absolute atomic E-state index is 10.6. The molecule has 0 saturated heterocycles. The van der Waals surface area contributed by atoms with Gasteiger partial charge in [-0.15, -0.1) is 0 Å². The highest BCUT2D eigenvalue weighted by atomic mass is 16.5. The molecule has 1 aliphatic rings. The summed E-state index contributed by atoms with van der Waals surface area (Å²) >= 11 is 0. The molecular formula is C12H16N2O3. The molecule has 1 aromatic carbocycles. The summed E-state index contributed by atoms with van der Waals surface area (Å²) in [5.74, 6) is -0.0804. The Morgan fingerprint density at radius 1 is 1.59 bits per heavy atom. The lowest BCUT2D eigenvalue weighted by Gasteiger charge is -2.18. The molecule has 0 fully saturated rings. The van der Waals surface area contributed by atoms with Crippen LogP contribution < -0.4 is 15.8 Å². The first kappa shape index (κ1) is 11.7. The smallest absolute Gasteiger partial charge is 0.322 e. The Bertz CT molecular complexity index is 420. The van der Waals surface area contributed by atoms with Gasteiger partial charge in [-0.25, -0.2) is 0 Å². The van der Waals surface area contributed by atoms with Gasteiger partial charge < -0.3 is 20.9 Å². The molecule has 4 N–H and O–H groups in total. The van der Waals surface area contributed by atoms with Crippen molar-refractivity contribution in [3.8, 4) is 5.75 Å². The van der Waals surface area contributed by atoms with Gasteiger partial charge in [0, 0.05) is 12.2 Å². The van der Waals surface area contributed by atoms with Crippen molar-refractivity contribution in [3.63, 3.8) is 0 Å². The second-order valence-electron chi connectivity index (χ2n) is 4.10. The van der Waals surface area contributed by atoms with E-state index < -0.39 is 12.0 Å². The number of ether oxygens (including phenoxy) is 1. The van der Waals surface area contributed by atoms with Crippen LogP contribution in [0.5, 0.6) is 5.75 Å². The molecule has 1 atom stereocenters. The first-order chi connectivity index (χ1) is 8.16. The van der Waals surface area contributed by atoms with Crippen LogP contribution in [0.1, 0.15) is 12.0 Å². The van der Waals surface area contributed by atoms with Gasteiger partial charge in [0.2, 0.25) is 0 Å². The Morgan fingerprint density at radius 3 is 3.18 bits per heavy atom. The Hall–Kier alpha value is -1.75. The van der Waals surface area contributed by atoms with Crippen LogP contribution in [-0.2, 0) is 11.2 Å². The highest BCUT2D eigenvalue weighted by molar-refractivity contribution is 5.74. The zero-order valence-corrected chi connectivity index (χ0v) is 9.48. The van der Waals surface area contributed by atoms with E-state index in [9.17, 15) is 4.79 Å². The van der Waals surface area contributed by atoms with Gasteiger partial charge in [-0.05, 0) is 36.6 Å². The predicted octanol–water partition coefficient (Wildman–Crippen LogP) is 0.835. The molecule has 1 aromatic rings. The van der Waals surface area contributed by atoms with Gasteiger partial charge >= 0.3 is 5.97 Å². The van der Waals surface area contributed by atoms with Crippen LogP contribution in [0.4, 0.5) is 5.69 Å². The number of rotatable bonds is 4. The van der Waals surface area contributed by atoms with Gasteiger partial charge in [0.15, 0.2) is 0 Å². The van der Waals surface area contributed by atoms with E-state index in [1.54, 1.807) is 0 Å².